The molecule has 0 heteroatoms. The van der Waals surface area contributed by atoms with E-state index in [0.29, 0.717) is 0 Å². The first-order chi connectivity index (χ1) is 8.36. The number of rotatable bonds is 3. The summed E-state index contributed by atoms with van der Waals surface area (Å²) >= 11 is 0. The number of hydrogen-bond donors (Lipinski definition) is 0. The summed E-state index contributed by atoms with van der Waals surface area (Å²) in [6.45, 7) is 4.20. The summed E-state index contributed by atoms with van der Waals surface area (Å²) in [6.07, 6.45) is 14.3. The van der Waals surface area contributed by atoms with Crippen LogP contribution in [0.4, 0.5) is 0 Å². The van der Waals surface area contributed by atoms with Crippen LogP contribution in [0.15, 0.2) is 30.4 Å². The Balaban J connectivity index is 2.48. The van der Waals surface area contributed by atoms with Crippen LogP contribution in [0.2, 0.25) is 0 Å². The van der Waals surface area contributed by atoms with Crippen molar-refractivity contribution in [2.45, 2.75) is 45.4 Å². The molecule has 90 valence electrons. The minimum atomic E-state index is 0.772. The molecule has 1 aliphatic rings. The number of hydrogen-bond acceptors (Lipinski definition) is 0. The van der Waals surface area contributed by atoms with Gasteiger partial charge in [0.1, 0.15) is 0 Å². The summed E-state index contributed by atoms with van der Waals surface area (Å²) in [5, 5.41) is 0. The highest BCUT2D eigenvalue weighted by molar-refractivity contribution is 5.64. The molecule has 1 aromatic rings. The van der Waals surface area contributed by atoms with Crippen LogP contribution in [0, 0.1) is 0 Å². The molecule has 1 fully saturated rings. The molecule has 2 rings (SSSR count). The van der Waals surface area contributed by atoms with Gasteiger partial charge in [-0.25, -0.2) is 0 Å². The van der Waals surface area contributed by atoms with Gasteiger partial charge < -0.3 is 0 Å². The first-order valence-corrected chi connectivity index (χ1v) is 6.75. The monoisotopic (exact) mass is 226 g/mol. The second kappa shape index (κ2) is 5.86. The van der Waals surface area contributed by atoms with Crippen LogP contribution in [-0.2, 0) is 0 Å². The van der Waals surface area contributed by atoms with E-state index in [1.54, 1.807) is 5.56 Å². The first-order valence-electron chi connectivity index (χ1n) is 6.75. The van der Waals surface area contributed by atoms with E-state index in [1.807, 2.05) is 0 Å². The average Bonchev–Trinajstić information content (AvgIpc) is 2.84. The molecule has 0 aromatic heterocycles. The minimum absolute atomic E-state index is 0.772. The molecule has 1 aromatic carbocycles. The fourth-order valence-corrected chi connectivity index (χ4v) is 2.94. The van der Waals surface area contributed by atoms with Crippen molar-refractivity contribution in [3.8, 4) is 0 Å². The number of allylic oxidation sites excluding steroid dienone is 2. The molecule has 0 atom stereocenters. The Morgan fingerprint density at radius 2 is 1.47 bits per heavy atom. The van der Waals surface area contributed by atoms with Crippen molar-refractivity contribution in [3.05, 3.63) is 47.0 Å². The van der Waals surface area contributed by atoms with E-state index in [0.717, 1.165) is 5.92 Å². The van der Waals surface area contributed by atoms with E-state index in [1.165, 1.54) is 36.8 Å². The van der Waals surface area contributed by atoms with Crippen LogP contribution in [0.5, 0.6) is 0 Å². The lowest BCUT2D eigenvalue weighted by Gasteiger charge is -2.16. The van der Waals surface area contributed by atoms with Crippen LogP contribution in [0.3, 0.4) is 0 Å². The third-order valence-corrected chi connectivity index (χ3v) is 3.63. The van der Waals surface area contributed by atoms with Gasteiger partial charge in [-0.2, -0.15) is 0 Å². The second-order valence-corrected chi connectivity index (χ2v) is 4.83. The molecule has 17 heavy (non-hydrogen) atoms. The predicted molar refractivity (Wildman–Crippen MR) is 77.1 cm³/mol. The van der Waals surface area contributed by atoms with E-state index in [-0.39, 0.29) is 0 Å². The maximum Gasteiger partial charge on any atom is -0.0150 e. The fraction of sp³-hybridized carbons (Fsp3) is 0.412. The lowest BCUT2D eigenvalue weighted by Crippen LogP contribution is -1.99. The maximum atomic E-state index is 2.25. The van der Waals surface area contributed by atoms with E-state index in [4.69, 9.17) is 0 Å². The zero-order valence-electron chi connectivity index (χ0n) is 10.9. The molecule has 0 saturated heterocycles. The van der Waals surface area contributed by atoms with Gasteiger partial charge in [-0.1, -0.05) is 55.3 Å². The van der Waals surface area contributed by atoms with Gasteiger partial charge in [0.25, 0.3) is 0 Å². The van der Waals surface area contributed by atoms with E-state index in [9.17, 15) is 0 Å². The second-order valence-electron chi connectivity index (χ2n) is 4.83. The molecular weight excluding hydrogens is 204 g/mol. The molecule has 0 amide bonds. The third-order valence-electron chi connectivity index (χ3n) is 3.63. The van der Waals surface area contributed by atoms with Gasteiger partial charge in [0.2, 0.25) is 0 Å². The van der Waals surface area contributed by atoms with Crippen molar-refractivity contribution in [2.75, 3.05) is 0 Å². The molecule has 0 nitrogen and oxygen atoms in total. The molecule has 1 aliphatic carbocycles. The third kappa shape index (κ3) is 2.69. The fourth-order valence-electron chi connectivity index (χ4n) is 2.94. The van der Waals surface area contributed by atoms with Crippen molar-refractivity contribution in [3.63, 3.8) is 0 Å². The van der Waals surface area contributed by atoms with Crippen molar-refractivity contribution < 1.29 is 0 Å². The summed E-state index contributed by atoms with van der Waals surface area (Å²) in [7, 11) is 0. The van der Waals surface area contributed by atoms with Gasteiger partial charge in [-0.15, -0.1) is 0 Å². The van der Waals surface area contributed by atoms with Crippen molar-refractivity contribution in [2.24, 2.45) is 0 Å². The highest BCUT2D eigenvalue weighted by Gasteiger charge is 2.20. The highest BCUT2D eigenvalue weighted by Crippen LogP contribution is 2.38. The first kappa shape index (κ1) is 12.2. The molecule has 0 aliphatic heterocycles. The number of benzene rings is 1. The Morgan fingerprint density at radius 3 is 1.94 bits per heavy atom. The van der Waals surface area contributed by atoms with Gasteiger partial charge in [-0.3, -0.25) is 0 Å². The van der Waals surface area contributed by atoms with Gasteiger partial charge in [-0.05, 0) is 49.3 Å². The molecule has 0 radical (unpaired) electrons. The lowest BCUT2D eigenvalue weighted by molar-refractivity contribution is 0.720. The van der Waals surface area contributed by atoms with Crippen molar-refractivity contribution in [1.82, 2.24) is 0 Å². The standard InChI is InChI=1S/C17H22/c1-3-8-14-12-7-13-15(9-4-2)17(14)16-10-5-6-11-16/h3-4,7-9,12-13,16H,5-6,10-11H2,1-2H3/b8-3-,9-4-. The summed E-state index contributed by atoms with van der Waals surface area (Å²) in [6, 6.07) is 6.67. The quantitative estimate of drug-likeness (QED) is 0.646. The van der Waals surface area contributed by atoms with Gasteiger partial charge >= 0.3 is 0 Å². The Kier molecular flexibility index (Phi) is 4.19. The van der Waals surface area contributed by atoms with Crippen LogP contribution >= 0.6 is 0 Å². The normalized spacial score (nSPS) is 17.5. The predicted octanol–water partition coefficient (Wildman–Crippen LogP) is 5.41. The Labute approximate surface area is 105 Å². The Bertz CT molecular complexity index is 387. The molecule has 0 N–H and O–H groups in total. The Morgan fingerprint density at radius 1 is 0.941 bits per heavy atom. The smallest absolute Gasteiger partial charge is 0.0150 e. The van der Waals surface area contributed by atoms with Gasteiger partial charge in [0, 0.05) is 0 Å². The molecular formula is C17H22. The van der Waals surface area contributed by atoms with Crippen LogP contribution in [-0.4, -0.2) is 0 Å². The average molecular weight is 226 g/mol. The zero-order chi connectivity index (χ0) is 12.1. The lowest BCUT2D eigenvalue weighted by atomic mass is 9.88. The van der Waals surface area contributed by atoms with E-state index < -0.39 is 0 Å². The molecule has 0 bridgehead atoms. The Hall–Kier alpha value is -1.30. The largest absolute Gasteiger partial charge is 0.0871 e. The highest BCUT2D eigenvalue weighted by atomic mass is 14.3. The van der Waals surface area contributed by atoms with Gasteiger partial charge in [0.05, 0.1) is 0 Å². The summed E-state index contributed by atoms with van der Waals surface area (Å²) < 4.78 is 0. The molecule has 0 unspecified atom stereocenters. The summed E-state index contributed by atoms with van der Waals surface area (Å²) in [5.41, 5.74) is 4.39. The van der Waals surface area contributed by atoms with E-state index >= 15 is 0 Å². The molecule has 0 heterocycles. The molecule has 1 saturated carbocycles. The molecule has 0 spiro atoms. The van der Waals surface area contributed by atoms with Crippen molar-refractivity contribution >= 4 is 12.2 Å². The van der Waals surface area contributed by atoms with Crippen molar-refractivity contribution in [1.29, 1.82) is 0 Å². The zero-order valence-corrected chi connectivity index (χ0v) is 10.9. The SMILES string of the molecule is C/C=C\c1cccc(/C=C\C)c1C1CCCC1. The van der Waals surface area contributed by atoms with E-state index in [2.05, 4.69) is 56.4 Å². The van der Waals surface area contributed by atoms with Crippen LogP contribution in [0.1, 0.15) is 62.1 Å². The maximum absolute atomic E-state index is 2.25. The van der Waals surface area contributed by atoms with Gasteiger partial charge in [0.15, 0.2) is 0 Å². The summed E-state index contributed by atoms with van der Waals surface area (Å²) in [5.74, 6) is 0.772. The summed E-state index contributed by atoms with van der Waals surface area (Å²) in [4.78, 5) is 0. The van der Waals surface area contributed by atoms with Crippen LogP contribution in [0.25, 0.3) is 12.2 Å². The minimum Gasteiger partial charge on any atom is -0.0871 e. The van der Waals surface area contributed by atoms with Crippen LogP contribution < -0.4 is 0 Å². The topological polar surface area (TPSA) is 0 Å².